The maximum Gasteiger partial charge on any atom is 0.243 e. The Morgan fingerprint density at radius 1 is 1.28 bits per heavy atom. The molecule has 96 valence electrons. The summed E-state index contributed by atoms with van der Waals surface area (Å²) in [6.07, 6.45) is 1.88. The number of halogens is 1. The molecule has 0 radical (unpaired) electrons. The molecule has 1 saturated heterocycles. The number of nitrogens with zero attached hydrogens (tertiary/aromatic N) is 2. The van der Waals surface area contributed by atoms with Gasteiger partial charge < -0.3 is 0 Å². The maximum atomic E-state index is 12.4. The molecule has 0 amide bonds. The van der Waals surface area contributed by atoms with Crippen LogP contribution in [0.1, 0.15) is 12.8 Å². The fourth-order valence-electron chi connectivity index (χ4n) is 2.11. The van der Waals surface area contributed by atoms with Crippen LogP contribution in [0.25, 0.3) is 10.2 Å². The summed E-state index contributed by atoms with van der Waals surface area (Å²) >= 11 is 7.12. The van der Waals surface area contributed by atoms with E-state index in [1.54, 1.807) is 18.2 Å². The summed E-state index contributed by atoms with van der Waals surface area (Å²) in [7, 11) is -3.35. The van der Waals surface area contributed by atoms with E-state index in [2.05, 4.69) is 4.98 Å². The van der Waals surface area contributed by atoms with E-state index in [0.29, 0.717) is 22.5 Å². The molecule has 18 heavy (non-hydrogen) atoms. The van der Waals surface area contributed by atoms with E-state index < -0.39 is 10.0 Å². The minimum atomic E-state index is -3.35. The molecule has 0 unspecified atom stereocenters. The van der Waals surface area contributed by atoms with Crippen molar-refractivity contribution in [1.82, 2.24) is 9.29 Å². The predicted octanol–water partition coefficient (Wildman–Crippen LogP) is 2.73. The van der Waals surface area contributed by atoms with Crippen molar-refractivity contribution in [3.63, 3.8) is 0 Å². The summed E-state index contributed by atoms with van der Waals surface area (Å²) < 4.78 is 27.5. The van der Waals surface area contributed by atoms with Crippen LogP contribution in [-0.4, -0.2) is 30.8 Å². The number of benzene rings is 1. The zero-order valence-corrected chi connectivity index (χ0v) is 11.9. The molecule has 2 aromatic rings. The summed E-state index contributed by atoms with van der Waals surface area (Å²) in [6.45, 7) is 1.23. The zero-order chi connectivity index (χ0) is 12.8. The predicted molar refractivity (Wildman–Crippen MR) is 72.6 cm³/mol. The van der Waals surface area contributed by atoms with Gasteiger partial charge in [-0.2, -0.15) is 4.31 Å². The number of hydrogen-bond donors (Lipinski definition) is 0. The van der Waals surface area contributed by atoms with Crippen LogP contribution in [0.4, 0.5) is 0 Å². The van der Waals surface area contributed by atoms with Crippen LogP contribution in [0, 0.1) is 0 Å². The van der Waals surface area contributed by atoms with Crippen LogP contribution in [0.5, 0.6) is 0 Å². The SMILES string of the molecule is O=S(=O)(c1ccc2nc(Cl)sc2c1)N1CCCC1. The van der Waals surface area contributed by atoms with E-state index in [1.807, 2.05) is 0 Å². The second-order valence-electron chi connectivity index (χ2n) is 4.21. The summed E-state index contributed by atoms with van der Waals surface area (Å²) in [4.78, 5) is 4.44. The maximum absolute atomic E-state index is 12.4. The highest BCUT2D eigenvalue weighted by Crippen LogP contribution is 2.29. The molecule has 1 aromatic carbocycles. The number of thiazole rings is 1. The van der Waals surface area contributed by atoms with E-state index in [0.717, 1.165) is 23.1 Å². The van der Waals surface area contributed by atoms with Crippen LogP contribution in [0.3, 0.4) is 0 Å². The monoisotopic (exact) mass is 302 g/mol. The lowest BCUT2D eigenvalue weighted by atomic mass is 10.3. The van der Waals surface area contributed by atoms with Gasteiger partial charge in [0.25, 0.3) is 0 Å². The molecule has 2 heterocycles. The molecule has 4 nitrogen and oxygen atoms in total. The van der Waals surface area contributed by atoms with Gasteiger partial charge in [-0.25, -0.2) is 13.4 Å². The highest BCUT2D eigenvalue weighted by molar-refractivity contribution is 7.89. The standard InChI is InChI=1S/C11H11ClN2O2S2/c12-11-13-9-4-3-8(7-10(9)17-11)18(15,16)14-5-1-2-6-14/h3-4,7H,1-2,5-6H2. The number of rotatable bonds is 2. The Kier molecular flexibility index (Phi) is 3.05. The summed E-state index contributed by atoms with van der Waals surface area (Å²) in [5, 5.41) is 0. The molecule has 0 aliphatic carbocycles. The lowest BCUT2D eigenvalue weighted by molar-refractivity contribution is 0.477. The Bertz CT molecular complexity index is 690. The third kappa shape index (κ3) is 2.03. The van der Waals surface area contributed by atoms with Gasteiger partial charge in [0, 0.05) is 13.1 Å². The molecule has 0 atom stereocenters. The summed E-state index contributed by atoms with van der Waals surface area (Å²) in [5.41, 5.74) is 0.741. The van der Waals surface area contributed by atoms with Crippen LogP contribution in [0.15, 0.2) is 23.1 Å². The number of hydrogen-bond acceptors (Lipinski definition) is 4. The zero-order valence-electron chi connectivity index (χ0n) is 9.47. The largest absolute Gasteiger partial charge is 0.243 e. The van der Waals surface area contributed by atoms with E-state index in [1.165, 1.54) is 15.6 Å². The first-order chi connectivity index (χ1) is 8.57. The van der Waals surface area contributed by atoms with Crippen LogP contribution in [0.2, 0.25) is 4.47 Å². The van der Waals surface area contributed by atoms with Gasteiger partial charge >= 0.3 is 0 Å². The molecule has 0 spiro atoms. The average molecular weight is 303 g/mol. The highest BCUT2D eigenvalue weighted by Gasteiger charge is 2.27. The summed E-state index contributed by atoms with van der Waals surface area (Å²) in [6, 6.07) is 4.97. The van der Waals surface area contributed by atoms with Gasteiger partial charge in [0.05, 0.1) is 15.1 Å². The normalized spacial score (nSPS) is 17.6. The Labute approximate surface area is 114 Å². The van der Waals surface area contributed by atoms with E-state index in [4.69, 9.17) is 11.6 Å². The Hall–Kier alpha value is -0.690. The molecule has 7 heteroatoms. The van der Waals surface area contributed by atoms with E-state index in [-0.39, 0.29) is 0 Å². The number of aromatic nitrogens is 1. The fourth-order valence-corrected chi connectivity index (χ4v) is 4.80. The molecule has 0 N–H and O–H groups in total. The first kappa shape index (κ1) is 12.3. The smallest absolute Gasteiger partial charge is 0.225 e. The van der Waals surface area contributed by atoms with Crippen molar-refractivity contribution in [3.8, 4) is 0 Å². The van der Waals surface area contributed by atoms with Gasteiger partial charge in [-0.3, -0.25) is 0 Å². The number of sulfonamides is 1. The van der Waals surface area contributed by atoms with Gasteiger partial charge in [0.2, 0.25) is 10.0 Å². The third-order valence-corrected chi connectivity index (χ3v) is 6.05. The van der Waals surface area contributed by atoms with Gasteiger partial charge in [0.15, 0.2) is 4.47 Å². The molecule has 1 aromatic heterocycles. The first-order valence-electron chi connectivity index (χ1n) is 5.63. The Balaban J connectivity index is 2.07. The molecule has 0 saturated carbocycles. The highest BCUT2D eigenvalue weighted by atomic mass is 35.5. The van der Waals surface area contributed by atoms with Crippen LogP contribution >= 0.6 is 22.9 Å². The first-order valence-corrected chi connectivity index (χ1v) is 8.27. The van der Waals surface area contributed by atoms with Gasteiger partial charge in [-0.05, 0) is 31.0 Å². The number of fused-ring (bicyclic) bond motifs is 1. The third-order valence-electron chi connectivity index (χ3n) is 3.04. The minimum absolute atomic E-state index is 0.331. The lowest BCUT2D eigenvalue weighted by Crippen LogP contribution is -2.27. The summed E-state index contributed by atoms with van der Waals surface area (Å²) in [5.74, 6) is 0. The van der Waals surface area contributed by atoms with Crippen LogP contribution < -0.4 is 0 Å². The molecule has 3 rings (SSSR count). The molecule has 1 aliphatic heterocycles. The fraction of sp³-hybridized carbons (Fsp3) is 0.364. The van der Waals surface area contributed by atoms with Crippen molar-refractivity contribution in [2.75, 3.05) is 13.1 Å². The van der Waals surface area contributed by atoms with Crippen molar-refractivity contribution in [1.29, 1.82) is 0 Å². The molecule has 1 fully saturated rings. The lowest BCUT2D eigenvalue weighted by Gasteiger charge is -2.15. The molecule has 0 bridgehead atoms. The Morgan fingerprint density at radius 3 is 2.72 bits per heavy atom. The van der Waals surface area contributed by atoms with Crippen molar-refractivity contribution in [2.45, 2.75) is 17.7 Å². The second kappa shape index (κ2) is 4.45. The minimum Gasteiger partial charge on any atom is -0.225 e. The van der Waals surface area contributed by atoms with Gasteiger partial charge in [-0.15, -0.1) is 11.3 Å². The van der Waals surface area contributed by atoms with Gasteiger partial charge in [0.1, 0.15) is 0 Å². The van der Waals surface area contributed by atoms with Crippen LogP contribution in [-0.2, 0) is 10.0 Å². The van der Waals surface area contributed by atoms with Crippen molar-refractivity contribution in [3.05, 3.63) is 22.7 Å². The Morgan fingerprint density at radius 2 is 2.00 bits per heavy atom. The molecular weight excluding hydrogens is 292 g/mol. The quantitative estimate of drug-likeness (QED) is 0.857. The van der Waals surface area contributed by atoms with Gasteiger partial charge in [-0.1, -0.05) is 11.6 Å². The van der Waals surface area contributed by atoms with Crippen molar-refractivity contribution >= 4 is 43.2 Å². The molecular formula is C11H11ClN2O2S2. The molecule has 1 aliphatic rings. The topological polar surface area (TPSA) is 50.3 Å². The van der Waals surface area contributed by atoms with E-state index in [9.17, 15) is 8.42 Å². The second-order valence-corrected chi connectivity index (χ2v) is 7.76. The van der Waals surface area contributed by atoms with Crippen molar-refractivity contribution in [2.24, 2.45) is 0 Å². The van der Waals surface area contributed by atoms with Crippen molar-refractivity contribution < 1.29 is 8.42 Å². The average Bonchev–Trinajstić information content (AvgIpc) is 2.95. The van der Waals surface area contributed by atoms with E-state index >= 15 is 0 Å².